The van der Waals surface area contributed by atoms with Crippen molar-refractivity contribution >= 4 is 5.91 Å². The standard InChI is InChI=1S/C12H18N4O/c1-9-6-15-10(7-14-9)8-16-11-4-2-3-5-13-12(11)17/h6-7,11,16H,2-5,8H2,1H3,(H,13,17). The Labute approximate surface area is 101 Å². The van der Waals surface area contributed by atoms with Crippen LogP contribution in [0.25, 0.3) is 0 Å². The van der Waals surface area contributed by atoms with Crippen LogP contribution in [0.5, 0.6) is 0 Å². The first kappa shape index (κ1) is 12.0. The number of hydrogen-bond donors (Lipinski definition) is 2. The van der Waals surface area contributed by atoms with Gasteiger partial charge >= 0.3 is 0 Å². The summed E-state index contributed by atoms with van der Waals surface area (Å²) in [7, 11) is 0. The Morgan fingerprint density at radius 3 is 3.06 bits per heavy atom. The van der Waals surface area contributed by atoms with Crippen LogP contribution in [-0.4, -0.2) is 28.5 Å². The lowest BCUT2D eigenvalue weighted by Crippen LogP contribution is -2.42. The zero-order valence-electron chi connectivity index (χ0n) is 10.1. The van der Waals surface area contributed by atoms with E-state index in [1.165, 1.54) is 0 Å². The molecule has 2 N–H and O–H groups in total. The third-order valence-electron chi connectivity index (χ3n) is 2.90. The van der Waals surface area contributed by atoms with E-state index in [-0.39, 0.29) is 11.9 Å². The minimum absolute atomic E-state index is 0.0967. The summed E-state index contributed by atoms with van der Waals surface area (Å²) < 4.78 is 0. The number of carbonyl (C=O) groups is 1. The van der Waals surface area contributed by atoms with Crippen molar-refractivity contribution in [3.63, 3.8) is 0 Å². The van der Waals surface area contributed by atoms with Gasteiger partial charge in [0, 0.05) is 25.5 Å². The Morgan fingerprint density at radius 1 is 1.41 bits per heavy atom. The van der Waals surface area contributed by atoms with Crippen LogP contribution in [0, 0.1) is 6.92 Å². The fourth-order valence-corrected chi connectivity index (χ4v) is 1.87. The number of nitrogens with one attached hydrogen (secondary N) is 2. The van der Waals surface area contributed by atoms with Gasteiger partial charge in [0.1, 0.15) is 0 Å². The van der Waals surface area contributed by atoms with Crippen molar-refractivity contribution in [1.29, 1.82) is 0 Å². The highest BCUT2D eigenvalue weighted by Gasteiger charge is 2.19. The minimum Gasteiger partial charge on any atom is -0.355 e. The Hall–Kier alpha value is -1.49. The van der Waals surface area contributed by atoms with Crippen LogP contribution in [-0.2, 0) is 11.3 Å². The molecule has 0 aromatic carbocycles. The highest BCUT2D eigenvalue weighted by atomic mass is 16.2. The maximum Gasteiger partial charge on any atom is 0.237 e. The highest BCUT2D eigenvalue weighted by molar-refractivity contribution is 5.81. The zero-order chi connectivity index (χ0) is 12.1. The summed E-state index contributed by atoms with van der Waals surface area (Å²) in [6, 6.07) is -0.0967. The van der Waals surface area contributed by atoms with E-state index < -0.39 is 0 Å². The van der Waals surface area contributed by atoms with E-state index in [9.17, 15) is 4.79 Å². The zero-order valence-corrected chi connectivity index (χ0v) is 10.1. The quantitative estimate of drug-likeness (QED) is 0.801. The van der Waals surface area contributed by atoms with Crippen molar-refractivity contribution in [1.82, 2.24) is 20.6 Å². The van der Waals surface area contributed by atoms with Gasteiger partial charge in [0.15, 0.2) is 0 Å². The molecule has 1 amide bonds. The first-order valence-corrected chi connectivity index (χ1v) is 6.04. The Balaban J connectivity index is 1.88. The predicted molar refractivity (Wildman–Crippen MR) is 64.3 cm³/mol. The molecule has 0 bridgehead atoms. The van der Waals surface area contributed by atoms with E-state index in [4.69, 9.17) is 0 Å². The second-order valence-electron chi connectivity index (χ2n) is 4.37. The second-order valence-corrected chi connectivity index (χ2v) is 4.37. The van der Waals surface area contributed by atoms with Gasteiger partial charge in [0.2, 0.25) is 5.91 Å². The molecule has 17 heavy (non-hydrogen) atoms. The first-order valence-electron chi connectivity index (χ1n) is 6.04. The van der Waals surface area contributed by atoms with Crippen LogP contribution in [0.1, 0.15) is 30.7 Å². The summed E-state index contributed by atoms with van der Waals surface area (Å²) >= 11 is 0. The molecule has 2 rings (SSSR count). The Morgan fingerprint density at radius 2 is 2.29 bits per heavy atom. The second kappa shape index (κ2) is 5.72. The van der Waals surface area contributed by atoms with E-state index in [0.717, 1.165) is 37.2 Å². The van der Waals surface area contributed by atoms with Crippen molar-refractivity contribution in [2.45, 2.75) is 38.8 Å². The molecular formula is C12H18N4O. The van der Waals surface area contributed by atoms with Crippen molar-refractivity contribution in [3.8, 4) is 0 Å². The number of nitrogens with zero attached hydrogens (tertiary/aromatic N) is 2. The van der Waals surface area contributed by atoms with Gasteiger partial charge in [0.25, 0.3) is 0 Å². The third kappa shape index (κ3) is 3.49. The van der Waals surface area contributed by atoms with E-state index in [0.29, 0.717) is 6.54 Å². The number of rotatable bonds is 3. The SMILES string of the molecule is Cc1cnc(CNC2CCCCNC2=O)cn1. The van der Waals surface area contributed by atoms with Crippen LogP contribution in [0.15, 0.2) is 12.4 Å². The maximum atomic E-state index is 11.7. The Bertz CT molecular complexity index is 377. The lowest BCUT2D eigenvalue weighted by molar-refractivity contribution is -0.122. The van der Waals surface area contributed by atoms with Crippen molar-refractivity contribution in [2.24, 2.45) is 0 Å². The van der Waals surface area contributed by atoms with Gasteiger partial charge in [-0.05, 0) is 26.2 Å². The molecule has 1 aromatic rings. The van der Waals surface area contributed by atoms with E-state index in [2.05, 4.69) is 20.6 Å². The van der Waals surface area contributed by atoms with E-state index in [1.807, 2.05) is 6.92 Å². The number of aryl methyl sites for hydroxylation is 1. The fourth-order valence-electron chi connectivity index (χ4n) is 1.87. The van der Waals surface area contributed by atoms with Gasteiger partial charge < -0.3 is 10.6 Å². The molecule has 0 radical (unpaired) electrons. The van der Waals surface area contributed by atoms with Gasteiger partial charge in [-0.2, -0.15) is 0 Å². The van der Waals surface area contributed by atoms with Gasteiger partial charge in [-0.25, -0.2) is 0 Å². The Kier molecular flexibility index (Phi) is 4.03. The van der Waals surface area contributed by atoms with Crippen LogP contribution in [0.2, 0.25) is 0 Å². The number of carbonyl (C=O) groups excluding carboxylic acids is 1. The lowest BCUT2D eigenvalue weighted by atomic mass is 10.1. The van der Waals surface area contributed by atoms with Crippen molar-refractivity contribution in [2.75, 3.05) is 6.54 Å². The van der Waals surface area contributed by atoms with E-state index >= 15 is 0 Å². The minimum atomic E-state index is -0.0967. The predicted octanol–water partition coefficient (Wildman–Crippen LogP) is 0.543. The molecule has 92 valence electrons. The summed E-state index contributed by atoms with van der Waals surface area (Å²) in [5, 5.41) is 6.14. The molecule has 1 fully saturated rings. The molecule has 1 saturated heterocycles. The van der Waals surface area contributed by atoms with Gasteiger partial charge in [-0.1, -0.05) is 0 Å². The fraction of sp³-hybridized carbons (Fsp3) is 0.583. The average Bonchev–Trinajstić information content (AvgIpc) is 2.54. The summed E-state index contributed by atoms with van der Waals surface area (Å²) in [5.74, 6) is 0.0996. The maximum absolute atomic E-state index is 11.7. The van der Waals surface area contributed by atoms with Gasteiger partial charge in [-0.15, -0.1) is 0 Å². The molecule has 1 aromatic heterocycles. The molecule has 1 aliphatic heterocycles. The molecule has 1 atom stereocenters. The van der Waals surface area contributed by atoms with Crippen molar-refractivity contribution in [3.05, 3.63) is 23.8 Å². The number of amides is 1. The molecule has 1 unspecified atom stereocenters. The summed E-state index contributed by atoms with van der Waals surface area (Å²) in [5.41, 5.74) is 1.77. The molecule has 0 saturated carbocycles. The van der Waals surface area contributed by atoms with Crippen LogP contribution in [0.3, 0.4) is 0 Å². The smallest absolute Gasteiger partial charge is 0.237 e. The van der Waals surface area contributed by atoms with Crippen molar-refractivity contribution < 1.29 is 4.79 Å². The topological polar surface area (TPSA) is 66.9 Å². The normalized spacial score (nSPS) is 20.8. The third-order valence-corrected chi connectivity index (χ3v) is 2.90. The number of aromatic nitrogens is 2. The number of hydrogen-bond acceptors (Lipinski definition) is 4. The van der Waals surface area contributed by atoms with Gasteiger partial charge in [-0.3, -0.25) is 14.8 Å². The molecular weight excluding hydrogens is 216 g/mol. The monoisotopic (exact) mass is 234 g/mol. The van der Waals surface area contributed by atoms with Crippen LogP contribution < -0.4 is 10.6 Å². The molecule has 2 heterocycles. The van der Waals surface area contributed by atoms with Crippen LogP contribution >= 0.6 is 0 Å². The van der Waals surface area contributed by atoms with Gasteiger partial charge in [0.05, 0.1) is 17.4 Å². The summed E-state index contributed by atoms with van der Waals surface area (Å²) in [6.07, 6.45) is 6.52. The lowest BCUT2D eigenvalue weighted by Gasteiger charge is -2.14. The molecule has 1 aliphatic rings. The largest absolute Gasteiger partial charge is 0.355 e. The average molecular weight is 234 g/mol. The van der Waals surface area contributed by atoms with E-state index in [1.54, 1.807) is 12.4 Å². The molecule has 0 aliphatic carbocycles. The molecule has 5 heteroatoms. The summed E-state index contributed by atoms with van der Waals surface area (Å²) in [6.45, 7) is 3.29. The highest BCUT2D eigenvalue weighted by Crippen LogP contribution is 2.06. The summed E-state index contributed by atoms with van der Waals surface area (Å²) in [4.78, 5) is 20.1. The molecule has 5 nitrogen and oxygen atoms in total. The van der Waals surface area contributed by atoms with Crippen LogP contribution in [0.4, 0.5) is 0 Å². The first-order chi connectivity index (χ1) is 8.25. The molecule has 0 spiro atoms.